The van der Waals surface area contributed by atoms with Crippen LogP contribution in [0.15, 0.2) is 10.5 Å². The molecule has 2 heterocycles. The summed E-state index contributed by atoms with van der Waals surface area (Å²) in [6.45, 7) is 3.61. The molecule has 108 valence electrons. The third-order valence-electron chi connectivity index (χ3n) is 3.57. The Labute approximate surface area is 124 Å². The Morgan fingerprint density at radius 3 is 2.55 bits per heavy atom. The number of halogens is 1. The molecule has 1 saturated heterocycles. The lowest BCUT2D eigenvalue weighted by Gasteiger charge is -2.34. The fourth-order valence-corrected chi connectivity index (χ4v) is 3.11. The van der Waals surface area contributed by atoms with E-state index in [1.54, 1.807) is 0 Å². The minimum atomic E-state index is -0.452. The number of likely N-dealkylation sites (N-methyl/N-ethyl adjacent to an activating group) is 1. The maximum atomic E-state index is 11.1. The van der Waals surface area contributed by atoms with Crippen molar-refractivity contribution in [2.75, 3.05) is 44.9 Å². The number of nitro groups is 1. The van der Waals surface area contributed by atoms with E-state index in [0.717, 1.165) is 31.9 Å². The van der Waals surface area contributed by atoms with Gasteiger partial charge < -0.3 is 19.3 Å². The number of hydrogen-bond donors (Lipinski definition) is 0. The molecule has 0 radical (unpaired) electrons. The van der Waals surface area contributed by atoms with Crippen molar-refractivity contribution in [1.82, 2.24) is 4.90 Å². The molecule has 0 atom stereocenters. The van der Waals surface area contributed by atoms with Crippen LogP contribution in [0.3, 0.4) is 0 Å². The smallest absolute Gasteiger partial charge is 0.316 e. The van der Waals surface area contributed by atoms with Crippen LogP contribution >= 0.6 is 15.9 Å². The number of nitro benzene ring substituents is 1. The predicted octanol–water partition coefficient (Wildman–Crippen LogP) is 1.84. The maximum Gasteiger partial charge on any atom is 0.316 e. The first-order chi connectivity index (χ1) is 9.58. The largest absolute Gasteiger partial charge is 0.451 e. The number of benzene rings is 1. The molecule has 0 N–H and O–H groups in total. The van der Waals surface area contributed by atoms with Crippen molar-refractivity contribution in [2.24, 2.45) is 0 Å². The summed E-state index contributed by atoms with van der Waals surface area (Å²) >= 11 is 3.42. The van der Waals surface area contributed by atoms with Crippen molar-refractivity contribution in [1.29, 1.82) is 0 Å². The van der Waals surface area contributed by atoms with Crippen molar-refractivity contribution >= 4 is 27.3 Å². The van der Waals surface area contributed by atoms with E-state index in [9.17, 15) is 10.1 Å². The van der Waals surface area contributed by atoms with Gasteiger partial charge in [0.2, 0.25) is 12.5 Å². The summed E-state index contributed by atoms with van der Waals surface area (Å²) in [5, 5.41) is 11.1. The molecule has 0 saturated carbocycles. The molecule has 7 nitrogen and oxygen atoms in total. The maximum absolute atomic E-state index is 11.1. The van der Waals surface area contributed by atoms with E-state index >= 15 is 0 Å². The van der Waals surface area contributed by atoms with Crippen molar-refractivity contribution in [3.05, 3.63) is 20.7 Å². The molecule has 2 aliphatic heterocycles. The molecule has 2 aliphatic rings. The lowest BCUT2D eigenvalue weighted by atomic mass is 10.2. The van der Waals surface area contributed by atoms with Gasteiger partial charge in [0.15, 0.2) is 5.75 Å². The molecule has 1 aromatic rings. The molecule has 1 fully saturated rings. The third kappa shape index (κ3) is 2.18. The van der Waals surface area contributed by atoms with Crippen LogP contribution < -0.4 is 14.4 Å². The number of hydrogen-bond acceptors (Lipinski definition) is 6. The predicted molar refractivity (Wildman–Crippen MR) is 76.6 cm³/mol. The molecule has 0 aromatic heterocycles. The van der Waals surface area contributed by atoms with Crippen LogP contribution in [0.1, 0.15) is 0 Å². The lowest BCUT2D eigenvalue weighted by molar-refractivity contribution is -0.385. The molecule has 1 aromatic carbocycles. The van der Waals surface area contributed by atoms with Gasteiger partial charge in [-0.3, -0.25) is 10.1 Å². The Bertz CT molecular complexity index is 558. The number of ether oxygens (including phenoxy) is 2. The number of piperazine rings is 1. The van der Waals surface area contributed by atoms with E-state index in [2.05, 4.69) is 32.8 Å². The normalized spacial score (nSPS) is 18.4. The van der Waals surface area contributed by atoms with E-state index in [-0.39, 0.29) is 18.2 Å². The van der Waals surface area contributed by atoms with Gasteiger partial charge in [0.25, 0.3) is 0 Å². The average Bonchev–Trinajstić information content (AvgIpc) is 2.88. The van der Waals surface area contributed by atoms with Gasteiger partial charge in [0, 0.05) is 32.2 Å². The minimum absolute atomic E-state index is 0.0212. The molecular weight excluding hydrogens is 330 g/mol. The summed E-state index contributed by atoms with van der Waals surface area (Å²) < 4.78 is 11.4. The SMILES string of the molecule is CN1CCN(c2c(Br)cc([N+](=O)[O-])c3c2OCO3)CC1. The number of anilines is 1. The van der Waals surface area contributed by atoms with Crippen LogP contribution in [0.4, 0.5) is 11.4 Å². The Morgan fingerprint density at radius 1 is 1.25 bits per heavy atom. The highest BCUT2D eigenvalue weighted by Crippen LogP contribution is 2.51. The standard InChI is InChI=1S/C12H14BrN3O4/c1-14-2-4-15(5-3-14)10-8(13)6-9(16(17)18)11-12(10)20-7-19-11/h6H,2-5,7H2,1H3. The van der Waals surface area contributed by atoms with Crippen molar-refractivity contribution in [3.8, 4) is 11.5 Å². The molecule has 0 unspecified atom stereocenters. The highest BCUT2D eigenvalue weighted by Gasteiger charge is 2.33. The van der Waals surface area contributed by atoms with Gasteiger partial charge in [-0.2, -0.15) is 0 Å². The Kier molecular flexibility index (Phi) is 3.43. The topological polar surface area (TPSA) is 68.1 Å². The van der Waals surface area contributed by atoms with E-state index in [4.69, 9.17) is 9.47 Å². The molecule has 8 heteroatoms. The highest BCUT2D eigenvalue weighted by atomic mass is 79.9. The second-order valence-corrected chi connectivity index (χ2v) is 5.69. The molecule has 0 aliphatic carbocycles. The summed E-state index contributed by atoms with van der Waals surface area (Å²) in [5.41, 5.74) is 0.776. The van der Waals surface area contributed by atoms with E-state index in [1.807, 2.05) is 0 Å². The second-order valence-electron chi connectivity index (χ2n) is 4.84. The zero-order valence-corrected chi connectivity index (χ0v) is 12.6. The number of rotatable bonds is 2. The van der Waals surface area contributed by atoms with Crippen LogP contribution in [0.25, 0.3) is 0 Å². The van der Waals surface area contributed by atoms with Crippen LogP contribution in [-0.4, -0.2) is 49.8 Å². The quantitative estimate of drug-likeness (QED) is 0.602. The number of nitrogens with zero attached hydrogens (tertiary/aromatic N) is 3. The lowest BCUT2D eigenvalue weighted by Crippen LogP contribution is -2.44. The van der Waals surface area contributed by atoms with Crippen LogP contribution in [0.5, 0.6) is 11.5 Å². The fourth-order valence-electron chi connectivity index (χ4n) is 2.47. The molecule has 3 rings (SSSR count). The summed E-state index contributed by atoms with van der Waals surface area (Å²) in [6, 6.07) is 1.49. The molecule has 0 bridgehead atoms. The zero-order chi connectivity index (χ0) is 14.3. The molecule has 0 spiro atoms. The first-order valence-electron chi connectivity index (χ1n) is 6.28. The number of fused-ring (bicyclic) bond motifs is 1. The molecule has 20 heavy (non-hydrogen) atoms. The van der Waals surface area contributed by atoms with Gasteiger partial charge in [-0.05, 0) is 23.0 Å². The summed E-state index contributed by atoms with van der Waals surface area (Å²) in [4.78, 5) is 15.0. The van der Waals surface area contributed by atoms with Gasteiger partial charge in [-0.15, -0.1) is 0 Å². The first-order valence-corrected chi connectivity index (χ1v) is 7.07. The monoisotopic (exact) mass is 343 g/mol. The van der Waals surface area contributed by atoms with E-state index in [0.29, 0.717) is 10.2 Å². The Balaban J connectivity index is 2.04. The highest BCUT2D eigenvalue weighted by molar-refractivity contribution is 9.10. The minimum Gasteiger partial charge on any atom is -0.451 e. The fraction of sp³-hybridized carbons (Fsp3) is 0.500. The van der Waals surface area contributed by atoms with Crippen molar-refractivity contribution < 1.29 is 14.4 Å². The van der Waals surface area contributed by atoms with Crippen molar-refractivity contribution in [2.45, 2.75) is 0 Å². The third-order valence-corrected chi connectivity index (χ3v) is 4.17. The zero-order valence-electron chi connectivity index (χ0n) is 11.0. The van der Waals surface area contributed by atoms with Gasteiger partial charge in [0.1, 0.15) is 0 Å². The summed E-state index contributed by atoms with van der Waals surface area (Å²) in [7, 11) is 2.08. The van der Waals surface area contributed by atoms with Gasteiger partial charge >= 0.3 is 5.69 Å². The average molecular weight is 344 g/mol. The first kappa shape index (κ1) is 13.4. The molecule has 0 amide bonds. The summed E-state index contributed by atoms with van der Waals surface area (Å²) in [5.74, 6) is 0.697. The Morgan fingerprint density at radius 2 is 1.90 bits per heavy atom. The molecular formula is C12H14BrN3O4. The van der Waals surface area contributed by atoms with Crippen LogP contribution in [0, 0.1) is 10.1 Å². The van der Waals surface area contributed by atoms with Crippen LogP contribution in [0.2, 0.25) is 0 Å². The van der Waals surface area contributed by atoms with Gasteiger partial charge in [-0.25, -0.2) is 0 Å². The van der Waals surface area contributed by atoms with E-state index < -0.39 is 4.92 Å². The van der Waals surface area contributed by atoms with Crippen molar-refractivity contribution in [3.63, 3.8) is 0 Å². The van der Waals surface area contributed by atoms with Gasteiger partial charge in [0.05, 0.1) is 15.1 Å². The Hall–Kier alpha value is -1.54. The van der Waals surface area contributed by atoms with Crippen LogP contribution in [-0.2, 0) is 0 Å². The summed E-state index contributed by atoms with van der Waals surface area (Å²) in [6.07, 6.45) is 0. The van der Waals surface area contributed by atoms with E-state index in [1.165, 1.54) is 6.07 Å². The second kappa shape index (κ2) is 5.10. The van der Waals surface area contributed by atoms with Gasteiger partial charge in [-0.1, -0.05) is 0 Å².